The molecular formula is C19H22N2O4S. The highest BCUT2D eigenvalue weighted by Gasteiger charge is 2.25. The van der Waals surface area contributed by atoms with Gasteiger partial charge in [0.05, 0.1) is 11.8 Å². The molecule has 0 spiro atoms. The molecule has 0 bridgehead atoms. The van der Waals surface area contributed by atoms with Crippen LogP contribution in [0.3, 0.4) is 0 Å². The molecule has 1 amide bonds. The van der Waals surface area contributed by atoms with E-state index in [1.165, 1.54) is 24.2 Å². The van der Waals surface area contributed by atoms with E-state index in [-0.39, 0.29) is 18.8 Å². The molecule has 1 aliphatic heterocycles. The number of ether oxygens (including phenoxy) is 3. The van der Waals surface area contributed by atoms with Crippen molar-refractivity contribution in [1.82, 2.24) is 4.98 Å². The number of anilines is 1. The molecule has 1 N–H and O–H groups in total. The summed E-state index contributed by atoms with van der Waals surface area (Å²) < 4.78 is 16.7. The van der Waals surface area contributed by atoms with E-state index in [1.807, 2.05) is 30.5 Å². The van der Waals surface area contributed by atoms with Gasteiger partial charge in [0.2, 0.25) is 6.79 Å². The van der Waals surface area contributed by atoms with E-state index in [2.05, 4.69) is 10.3 Å². The van der Waals surface area contributed by atoms with E-state index in [0.29, 0.717) is 11.6 Å². The second kappa shape index (κ2) is 7.63. The van der Waals surface area contributed by atoms with Crippen molar-refractivity contribution in [3.63, 3.8) is 0 Å². The summed E-state index contributed by atoms with van der Waals surface area (Å²) in [5, 5.41) is 5.40. The quantitative estimate of drug-likeness (QED) is 0.820. The smallest absolute Gasteiger partial charge is 0.255 e. The Labute approximate surface area is 156 Å². The molecule has 6 nitrogen and oxygen atoms in total. The first-order valence-electron chi connectivity index (χ1n) is 9.05. The Balaban J connectivity index is 1.41. The van der Waals surface area contributed by atoms with Gasteiger partial charge in [-0.3, -0.25) is 10.1 Å². The molecule has 1 atom stereocenters. The van der Waals surface area contributed by atoms with Gasteiger partial charge in [0.15, 0.2) is 16.6 Å². The number of carbonyl (C=O) groups excluding carboxylic acids is 1. The first-order chi connectivity index (χ1) is 12.7. The maximum Gasteiger partial charge on any atom is 0.255 e. The fourth-order valence-corrected chi connectivity index (χ4v) is 4.03. The van der Waals surface area contributed by atoms with Gasteiger partial charge in [-0.05, 0) is 37.5 Å². The van der Waals surface area contributed by atoms with Crippen LogP contribution < -0.4 is 14.8 Å². The van der Waals surface area contributed by atoms with Crippen molar-refractivity contribution in [1.29, 1.82) is 0 Å². The molecule has 2 aliphatic rings. The van der Waals surface area contributed by atoms with Crippen molar-refractivity contribution in [2.75, 3.05) is 12.1 Å². The van der Waals surface area contributed by atoms with E-state index >= 15 is 0 Å². The molecular weight excluding hydrogens is 352 g/mol. The van der Waals surface area contributed by atoms with Gasteiger partial charge in [-0.2, -0.15) is 0 Å². The Bertz CT molecular complexity index is 786. The third-order valence-electron chi connectivity index (χ3n) is 4.72. The molecule has 7 heteroatoms. The van der Waals surface area contributed by atoms with Crippen LogP contribution in [-0.4, -0.2) is 29.9 Å². The number of rotatable bonds is 6. The van der Waals surface area contributed by atoms with Crippen LogP contribution >= 0.6 is 11.3 Å². The molecule has 1 unspecified atom stereocenters. The minimum Gasteiger partial charge on any atom is -0.454 e. The van der Waals surface area contributed by atoms with Crippen LogP contribution in [0.1, 0.15) is 39.0 Å². The predicted molar refractivity (Wildman–Crippen MR) is 99.7 cm³/mol. The van der Waals surface area contributed by atoms with E-state index in [1.54, 1.807) is 0 Å². The van der Waals surface area contributed by atoms with Gasteiger partial charge in [0.25, 0.3) is 5.91 Å². The second-order valence-corrected chi connectivity index (χ2v) is 7.39. The minimum absolute atomic E-state index is 0.119. The van der Waals surface area contributed by atoms with E-state index in [9.17, 15) is 4.79 Å². The number of hydrogen-bond donors (Lipinski definition) is 1. The molecule has 4 rings (SSSR count). The van der Waals surface area contributed by atoms with Gasteiger partial charge < -0.3 is 14.2 Å². The van der Waals surface area contributed by atoms with Crippen molar-refractivity contribution >= 4 is 22.4 Å². The van der Waals surface area contributed by atoms with E-state index in [4.69, 9.17) is 14.2 Å². The summed E-state index contributed by atoms with van der Waals surface area (Å²) in [5.74, 6) is 1.34. The number of nitrogens with zero attached hydrogens (tertiary/aromatic N) is 1. The number of thiazole rings is 1. The number of benzene rings is 1. The van der Waals surface area contributed by atoms with Gasteiger partial charge in [-0.1, -0.05) is 19.8 Å². The Morgan fingerprint density at radius 1 is 1.35 bits per heavy atom. The maximum absolute atomic E-state index is 12.5. The van der Waals surface area contributed by atoms with Crippen molar-refractivity contribution < 1.29 is 19.0 Å². The van der Waals surface area contributed by atoms with Gasteiger partial charge in [-0.15, -0.1) is 11.3 Å². The van der Waals surface area contributed by atoms with Gasteiger partial charge in [0.1, 0.15) is 6.10 Å². The third kappa shape index (κ3) is 3.68. The molecule has 138 valence electrons. The van der Waals surface area contributed by atoms with E-state index < -0.39 is 6.10 Å². The first kappa shape index (κ1) is 17.3. The average Bonchev–Trinajstić information content (AvgIpc) is 3.40. The minimum atomic E-state index is -0.420. The third-order valence-corrected chi connectivity index (χ3v) is 5.48. The zero-order valence-corrected chi connectivity index (χ0v) is 15.5. The fourth-order valence-electron chi connectivity index (χ4n) is 3.31. The van der Waals surface area contributed by atoms with Crippen LogP contribution in [0.2, 0.25) is 0 Å². The standard InChI is InChI=1S/C19H22N2O4S/c1-2-15(25-13-5-3-4-6-13)18(22)21-19-20-14(10-26-19)12-7-8-16-17(9-12)24-11-23-16/h7-10,13,15H,2-6,11H2,1H3,(H,20,21,22). The molecule has 1 aromatic heterocycles. The molecule has 1 saturated carbocycles. The lowest BCUT2D eigenvalue weighted by atomic mass is 10.1. The highest BCUT2D eigenvalue weighted by atomic mass is 32.1. The van der Waals surface area contributed by atoms with Crippen LogP contribution in [-0.2, 0) is 9.53 Å². The summed E-state index contributed by atoms with van der Waals surface area (Å²) in [6.45, 7) is 2.22. The lowest BCUT2D eigenvalue weighted by Crippen LogP contribution is -2.32. The Hall–Kier alpha value is -2.12. The van der Waals surface area contributed by atoms with Crippen LogP contribution in [0.15, 0.2) is 23.6 Å². The fraction of sp³-hybridized carbons (Fsp3) is 0.474. The van der Waals surface area contributed by atoms with E-state index in [0.717, 1.165) is 35.6 Å². The SMILES string of the molecule is CCC(OC1CCCC1)C(=O)Nc1nc(-c2ccc3c(c2)OCO3)cs1. The topological polar surface area (TPSA) is 69.7 Å². The Kier molecular flexibility index (Phi) is 5.08. The van der Waals surface area contributed by atoms with Crippen LogP contribution in [0.4, 0.5) is 5.13 Å². The maximum atomic E-state index is 12.5. The number of amides is 1. The molecule has 1 aromatic carbocycles. The summed E-state index contributed by atoms with van der Waals surface area (Å²) in [5.41, 5.74) is 1.73. The molecule has 0 radical (unpaired) electrons. The molecule has 1 fully saturated rings. The number of hydrogen-bond acceptors (Lipinski definition) is 6. The zero-order valence-electron chi connectivity index (χ0n) is 14.7. The summed E-state index contributed by atoms with van der Waals surface area (Å²) in [6, 6.07) is 5.71. The van der Waals surface area contributed by atoms with Crippen molar-refractivity contribution in [2.24, 2.45) is 0 Å². The average molecular weight is 374 g/mol. The molecule has 0 saturated heterocycles. The van der Waals surface area contributed by atoms with Gasteiger partial charge in [0, 0.05) is 10.9 Å². The van der Waals surface area contributed by atoms with Crippen molar-refractivity contribution in [3.05, 3.63) is 23.6 Å². The van der Waals surface area contributed by atoms with Crippen LogP contribution in [0, 0.1) is 0 Å². The number of fused-ring (bicyclic) bond motifs is 1. The second-order valence-electron chi connectivity index (χ2n) is 6.53. The summed E-state index contributed by atoms with van der Waals surface area (Å²) in [4.78, 5) is 17.1. The monoisotopic (exact) mass is 374 g/mol. The van der Waals surface area contributed by atoms with Crippen LogP contribution in [0.25, 0.3) is 11.3 Å². The molecule has 1 aliphatic carbocycles. The Morgan fingerprint density at radius 2 is 2.15 bits per heavy atom. The highest BCUT2D eigenvalue weighted by Crippen LogP contribution is 2.36. The lowest BCUT2D eigenvalue weighted by Gasteiger charge is -2.19. The summed E-state index contributed by atoms with van der Waals surface area (Å²) in [7, 11) is 0. The zero-order chi connectivity index (χ0) is 17.9. The lowest BCUT2D eigenvalue weighted by molar-refractivity contribution is -0.131. The highest BCUT2D eigenvalue weighted by molar-refractivity contribution is 7.14. The molecule has 2 heterocycles. The number of nitrogens with one attached hydrogen (secondary N) is 1. The number of aromatic nitrogens is 1. The van der Waals surface area contributed by atoms with Crippen LogP contribution in [0.5, 0.6) is 11.5 Å². The summed E-state index contributed by atoms with van der Waals surface area (Å²) >= 11 is 1.41. The largest absolute Gasteiger partial charge is 0.454 e. The van der Waals surface area contributed by atoms with Gasteiger partial charge >= 0.3 is 0 Å². The normalized spacial score (nSPS) is 17.4. The molecule has 26 heavy (non-hydrogen) atoms. The first-order valence-corrected chi connectivity index (χ1v) is 9.93. The Morgan fingerprint density at radius 3 is 2.96 bits per heavy atom. The van der Waals surface area contributed by atoms with Crippen molar-refractivity contribution in [2.45, 2.75) is 51.2 Å². The van der Waals surface area contributed by atoms with Gasteiger partial charge in [-0.25, -0.2) is 4.98 Å². The molecule has 2 aromatic rings. The summed E-state index contributed by atoms with van der Waals surface area (Å²) in [6.07, 6.45) is 4.93. The number of carbonyl (C=O) groups is 1. The van der Waals surface area contributed by atoms with Crippen molar-refractivity contribution in [3.8, 4) is 22.8 Å². The predicted octanol–water partition coefficient (Wildman–Crippen LogP) is 4.22.